The highest BCUT2D eigenvalue weighted by Crippen LogP contribution is 2.37. The van der Waals surface area contributed by atoms with Crippen molar-refractivity contribution >= 4 is 10.0 Å². The molecule has 1 saturated heterocycles. The van der Waals surface area contributed by atoms with Crippen molar-refractivity contribution in [2.45, 2.75) is 64.4 Å². The van der Waals surface area contributed by atoms with E-state index in [4.69, 9.17) is 4.98 Å². The summed E-state index contributed by atoms with van der Waals surface area (Å²) in [5.74, 6) is 0. The predicted octanol–water partition coefficient (Wildman–Crippen LogP) is 4.34. The SMILES string of the molecule is CCn1cc(S(=O)(=O)N2CCC[C@H]2c2cc(Cc3ccccc3C)cc(C)n2)c(C)n1. The van der Waals surface area contributed by atoms with Crippen molar-refractivity contribution in [3.05, 3.63) is 76.4 Å². The topological polar surface area (TPSA) is 68.1 Å². The van der Waals surface area contributed by atoms with E-state index in [1.165, 1.54) is 11.1 Å². The van der Waals surface area contributed by atoms with Gasteiger partial charge in [-0.2, -0.15) is 9.40 Å². The monoisotopic (exact) mass is 438 g/mol. The first-order valence-corrected chi connectivity index (χ1v) is 12.3. The molecule has 0 radical (unpaired) electrons. The second-order valence-corrected chi connectivity index (χ2v) is 10.2. The van der Waals surface area contributed by atoms with Crippen LogP contribution in [0.1, 0.15) is 59.6 Å². The van der Waals surface area contributed by atoms with Crippen LogP contribution in [-0.4, -0.2) is 34.0 Å². The molecule has 31 heavy (non-hydrogen) atoms. The number of hydrogen-bond donors (Lipinski definition) is 0. The number of sulfonamides is 1. The van der Waals surface area contributed by atoms with Crippen LogP contribution < -0.4 is 0 Å². The third kappa shape index (κ3) is 4.29. The van der Waals surface area contributed by atoms with E-state index in [1.54, 1.807) is 22.1 Å². The zero-order valence-electron chi connectivity index (χ0n) is 18.7. The predicted molar refractivity (Wildman–Crippen MR) is 121 cm³/mol. The van der Waals surface area contributed by atoms with Crippen molar-refractivity contribution in [2.24, 2.45) is 0 Å². The van der Waals surface area contributed by atoms with Crippen LogP contribution in [0.5, 0.6) is 0 Å². The Labute approximate surface area is 185 Å². The maximum absolute atomic E-state index is 13.5. The van der Waals surface area contributed by atoms with E-state index in [9.17, 15) is 8.42 Å². The van der Waals surface area contributed by atoms with Crippen LogP contribution in [0.15, 0.2) is 47.5 Å². The number of aryl methyl sites for hydroxylation is 4. The summed E-state index contributed by atoms with van der Waals surface area (Å²) in [5, 5.41) is 4.34. The minimum absolute atomic E-state index is 0.245. The van der Waals surface area contributed by atoms with Gasteiger partial charge in [-0.1, -0.05) is 24.3 Å². The highest BCUT2D eigenvalue weighted by Gasteiger charge is 2.38. The molecule has 164 valence electrons. The lowest BCUT2D eigenvalue weighted by molar-refractivity contribution is 0.389. The smallest absolute Gasteiger partial charge is 0.247 e. The number of hydrogen-bond acceptors (Lipinski definition) is 4. The van der Waals surface area contributed by atoms with E-state index in [0.717, 1.165) is 36.2 Å². The van der Waals surface area contributed by atoms with Gasteiger partial charge >= 0.3 is 0 Å². The Bertz CT molecular complexity index is 1200. The lowest BCUT2D eigenvalue weighted by atomic mass is 9.99. The molecule has 0 amide bonds. The summed E-state index contributed by atoms with van der Waals surface area (Å²) in [6, 6.07) is 12.3. The Balaban J connectivity index is 1.68. The highest BCUT2D eigenvalue weighted by atomic mass is 32.2. The van der Waals surface area contributed by atoms with E-state index in [1.807, 2.05) is 19.9 Å². The maximum atomic E-state index is 13.5. The third-order valence-electron chi connectivity index (χ3n) is 6.05. The summed E-state index contributed by atoms with van der Waals surface area (Å²) >= 11 is 0. The number of rotatable bonds is 6. The van der Waals surface area contributed by atoms with Gasteiger partial charge < -0.3 is 0 Å². The van der Waals surface area contributed by atoms with Crippen LogP contribution in [0.2, 0.25) is 0 Å². The molecular weight excluding hydrogens is 408 g/mol. The highest BCUT2D eigenvalue weighted by molar-refractivity contribution is 7.89. The van der Waals surface area contributed by atoms with E-state index in [2.05, 4.69) is 42.4 Å². The molecule has 0 N–H and O–H groups in total. The summed E-state index contributed by atoms with van der Waals surface area (Å²) in [5.41, 5.74) is 6.00. The minimum Gasteiger partial charge on any atom is -0.271 e. The molecule has 4 rings (SSSR count). The van der Waals surface area contributed by atoms with Crippen molar-refractivity contribution in [1.29, 1.82) is 0 Å². The quantitative estimate of drug-likeness (QED) is 0.574. The molecular formula is C24H30N4O2S. The fourth-order valence-corrected chi connectivity index (χ4v) is 6.27. The third-order valence-corrected chi connectivity index (χ3v) is 8.06. The van der Waals surface area contributed by atoms with Crippen LogP contribution >= 0.6 is 0 Å². The average molecular weight is 439 g/mol. The molecule has 1 aromatic carbocycles. The number of pyridine rings is 1. The van der Waals surface area contributed by atoms with Gasteiger partial charge in [0.1, 0.15) is 4.90 Å². The van der Waals surface area contributed by atoms with Crippen LogP contribution in [0.25, 0.3) is 0 Å². The summed E-state index contributed by atoms with van der Waals surface area (Å²) < 4.78 is 30.3. The molecule has 3 heterocycles. The van der Waals surface area contributed by atoms with E-state index in [0.29, 0.717) is 23.7 Å². The number of nitrogens with zero attached hydrogens (tertiary/aromatic N) is 4. The van der Waals surface area contributed by atoms with Gasteiger partial charge in [-0.3, -0.25) is 9.67 Å². The van der Waals surface area contributed by atoms with Gasteiger partial charge in [-0.25, -0.2) is 8.42 Å². The summed E-state index contributed by atoms with van der Waals surface area (Å²) in [6.45, 7) is 8.96. The van der Waals surface area contributed by atoms with Crippen LogP contribution in [-0.2, 0) is 23.0 Å². The van der Waals surface area contributed by atoms with Gasteiger partial charge in [-0.15, -0.1) is 0 Å². The molecule has 7 heteroatoms. The lowest BCUT2D eigenvalue weighted by Gasteiger charge is -2.24. The molecule has 0 saturated carbocycles. The summed E-state index contributed by atoms with van der Waals surface area (Å²) in [6.07, 6.45) is 4.06. The molecule has 6 nitrogen and oxygen atoms in total. The van der Waals surface area contributed by atoms with E-state index < -0.39 is 10.0 Å². The van der Waals surface area contributed by atoms with Gasteiger partial charge in [0, 0.05) is 25.0 Å². The van der Waals surface area contributed by atoms with Crippen LogP contribution in [0.3, 0.4) is 0 Å². The Morgan fingerprint density at radius 2 is 1.90 bits per heavy atom. The van der Waals surface area contributed by atoms with Crippen LogP contribution in [0, 0.1) is 20.8 Å². The van der Waals surface area contributed by atoms with Crippen molar-refractivity contribution in [3.63, 3.8) is 0 Å². The number of aromatic nitrogens is 3. The molecule has 0 spiro atoms. The van der Waals surface area contributed by atoms with Crippen molar-refractivity contribution in [1.82, 2.24) is 19.1 Å². The van der Waals surface area contributed by atoms with E-state index in [-0.39, 0.29) is 6.04 Å². The Kier molecular flexibility index (Phi) is 5.99. The molecule has 1 atom stereocenters. The van der Waals surface area contributed by atoms with Gasteiger partial charge in [0.2, 0.25) is 10.0 Å². The number of benzene rings is 1. The molecule has 1 fully saturated rings. The van der Waals surface area contributed by atoms with Gasteiger partial charge in [-0.05, 0) is 75.8 Å². The Morgan fingerprint density at radius 3 is 2.61 bits per heavy atom. The van der Waals surface area contributed by atoms with Gasteiger partial charge in [0.15, 0.2) is 0 Å². The fourth-order valence-electron chi connectivity index (χ4n) is 4.43. The average Bonchev–Trinajstić information content (AvgIpc) is 3.37. The fraction of sp³-hybridized carbons (Fsp3) is 0.417. The first-order chi connectivity index (χ1) is 14.8. The standard InChI is InChI=1S/C24H30N4O2S/c1-5-27-16-24(19(4)26-27)31(29,30)28-12-8-11-23(28)22-15-20(13-18(3)25-22)14-21-10-7-6-9-17(21)2/h6-7,9-10,13,15-16,23H,5,8,11-12,14H2,1-4H3/t23-/m0/s1. The zero-order valence-corrected chi connectivity index (χ0v) is 19.5. The zero-order chi connectivity index (χ0) is 22.2. The van der Waals surface area contributed by atoms with Crippen LogP contribution in [0.4, 0.5) is 0 Å². The lowest BCUT2D eigenvalue weighted by Crippen LogP contribution is -2.31. The molecule has 0 bridgehead atoms. The normalized spacial score (nSPS) is 17.4. The first-order valence-electron chi connectivity index (χ1n) is 10.9. The van der Waals surface area contributed by atoms with Crippen molar-refractivity contribution in [2.75, 3.05) is 6.54 Å². The first kappa shape index (κ1) is 21.7. The van der Waals surface area contributed by atoms with Crippen molar-refractivity contribution < 1.29 is 8.42 Å². The van der Waals surface area contributed by atoms with Gasteiger partial charge in [0.25, 0.3) is 0 Å². The molecule has 1 aliphatic rings. The van der Waals surface area contributed by atoms with E-state index >= 15 is 0 Å². The molecule has 2 aromatic heterocycles. The molecule has 1 aliphatic heterocycles. The largest absolute Gasteiger partial charge is 0.271 e. The van der Waals surface area contributed by atoms with Crippen molar-refractivity contribution in [3.8, 4) is 0 Å². The Morgan fingerprint density at radius 1 is 1.13 bits per heavy atom. The second kappa shape index (κ2) is 8.55. The second-order valence-electron chi connectivity index (χ2n) is 8.35. The molecule has 3 aromatic rings. The molecule has 0 unspecified atom stereocenters. The Hall–Kier alpha value is -2.51. The maximum Gasteiger partial charge on any atom is 0.247 e. The summed E-state index contributed by atoms with van der Waals surface area (Å²) in [4.78, 5) is 5.05. The molecule has 0 aliphatic carbocycles. The van der Waals surface area contributed by atoms with Gasteiger partial charge in [0.05, 0.1) is 17.4 Å². The minimum atomic E-state index is -3.64. The summed E-state index contributed by atoms with van der Waals surface area (Å²) in [7, 11) is -3.64.